The van der Waals surface area contributed by atoms with Crippen LogP contribution in [-0.2, 0) is 58.4 Å². The van der Waals surface area contributed by atoms with Gasteiger partial charge >= 0.3 is 29.8 Å². The lowest BCUT2D eigenvalue weighted by Crippen LogP contribution is -2.64. The van der Waals surface area contributed by atoms with Gasteiger partial charge in [0.15, 0.2) is 18.3 Å². The third-order valence-electron chi connectivity index (χ3n) is 8.90. The summed E-state index contributed by atoms with van der Waals surface area (Å²) >= 11 is 0. The van der Waals surface area contributed by atoms with Crippen LogP contribution < -0.4 is 0 Å². The number of methoxy groups -OCH3 is 1. The molecule has 0 unspecified atom stereocenters. The van der Waals surface area contributed by atoms with Crippen molar-refractivity contribution in [3.05, 3.63) is 70.3 Å². The molecule has 1 aliphatic carbocycles. The summed E-state index contributed by atoms with van der Waals surface area (Å²) in [7, 11) is 1.07. The van der Waals surface area contributed by atoms with Crippen molar-refractivity contribution >= 4 is 41.5 Å². The standard InChI is InChI=1S/C37H44O11/c1-20(26-14-15-27-28(19-26)37(7,8)17-16-36(27,5)6)18-24-10-12-25(13-11-24)33(41)48-35-32(46-23(4)40)30(45-22(3)39)29(44-21(2)38)31(47-35)34(42)43-9/h10-15,18-19,29-32,35H,16-17H2,1-9H3/t29-,30-,31-,32+,35-/m0/s1. The molecule has 2 aromatic carbocycles. The molecule has 11 heteroatoms. The zero-order valence-electron chi connectivity index (χ0n) is 28.9. The van der Waals surface area contributed by atoms with Gasteiger partial charge < -0.3 is 28.4 Å². The van der Waals surface area contributed by atoms with E-state index in [-0.39, 0.29) is 16.4 Å². The Bertz CT molecular complexity index is 1600. The molecule has 2 aliphatic rings. The molecular formula is C37H44O11. The number of hydrogen-bond donors (Lipinski definition) is 0. The first kappa shape index (κ1) is 36.3. The number of hydrogen-bond acceptors (Lipinski definition) is 11. The second kappa shape index (κ2) is 14.3. The van der Waals surface area contributed by atoms with Crippen molar-refractivity contribution in [2.45, 2.75) is 110 Å². The van der Waals surface area contributed by atoms with Gasteiger partial charge in [-0.2, -0.15) is 0 Å². The zero-order valence-corrected chi connectivity index (χ0v) is 28.9. The van der Waals surface area contributed by atoms with Crippen molar-refractivity contribution in [3.8, 4) is 0 Å². The summed E-state index contributed by atoms with van der Waals surface area (Å²) in [5, 5.41) is 0. The molecule has 1 saturated heterocycles. The predicted molar refractivity (Wildman–Crippen MR) is 174 cm³/mol. The Balaban J connectivity index is 1.58. The van der Waals surface area contributed by atoms with Gasteiger partial charge in [0.25, 0.3) is 0 Å². The first-order valence-corrected chi connectivity index (χ1v) is 15.8. The van der Waals surface area contributed by atoms with Crippen LogP contribution in [0.25, 0.3) is 11.6 Å². The van der Waals surface area contributed by atoms with E-state index in [2.05, 4.69) is 45.9 Å². The number of rotatable bonds is 8. The maximum Gasteiger partial charge on any atom is 0.340 e. The van der Waals surface area contributed by atoms with E-state index in [1.807, 2.05) is 13.0 Å². The van der Waals surface area contributed by atoms with Crippen molar-refractivity contribution in [2.24, 2.45) is 0 Å². The number of carbonyl (C=O) groups excluding carboxylic acids is 5. The average molecular weight is 665 g/mol. The number of esters is 5. The van der Waals surface area contributed by atoms with Crippen molar-refractivity contribution < 1.29 is 52.4 Å². The lowest BCUT2D eigenvalue weighted by atomic mass is 9.63. The lowest BCUT2D eigenvalue weighted by Gasteiger charge is -2.42. The lowest BCUT2D eigenvalue weighted by molar-refractivity contribution is -0.288. The third-order valence-corrected chi connectivity index (χ3v) is 8.90. The number of ether oxygens (including phenoxy) is 6. The Labute approximate surface area is 280 Å². The molecule has 1 heterocycles. The molecule has 0 amide bonds. The molecule has 0 spiro atoms. The molecule has 1 fully saturated rings. The monoisotopic (exact) mass is 664 g/mol. The summed E-state index contributed by atoms with van der Waals surface area (Å²) in [6.07, 6.45) is -3.85. The van der Waals surface area contributed by atoms with Gasteiger partial charge in [-0.1, -0.05) is 64.1 Å². The number of benzene rings is 2. The van der Waals surface area contributed by atoms with Crippen LogP contribution in [0.2, 0.25) is 0 Å². The van der Waals surface area contributed by atoms with Gasteiger partial charge in [-0.15, -0.1) is 0 Å². The first-order valence-electron chi connectivity index (χ1n) is 15.8. The molecule has 48 heavy (non-hydrogen) atoms. The van der Waals surface area contributed by atoms with E-state index in [1.165, 1.54) is 11.1 Å². The Morgan fingerprint density at radius 2 is 1.21 bits per heavy atom. The van der Waals surface area contributed by atoms with E-state index in [1.54, 1.807) is 24.3 Å². The molecule has 5 atom stereocenters. The van der Waals surface area contributed by atoms with Gasteiger partial charge in [-0.25, -0.2) is 9.59 Å². The van der Waals surface area contributed by atoms with E-state index < -0.39 is 60.6 Å². The van der Waals surface area contributed by atoms with Crippen molar-refractivity contribution in [1.82, 2.24) is 0 Å². The normalized spacial score (nSPS) is 24.4. The fourth-order valence-corrected chi connectivity index (χ4v) is 6.23. The highest BCUT2D eigenvalue weighted by atomic mass is 16.7. The second-order valence-electron chi connectivity index (χ2n) is 13.6. The summed E-state index contributed by atoms with van der Waals surface area (Å²) in [4.78, 5) is 61.9. The fraction of sp³-hybridized carbons (Fsp3) is 0.486. The van der Waals surface area contributed by atoms with Crippen molar-refractivity contribution in [2.75, 3.05) is 7.11 Å². The minimum atomic E-state index is -1.73. The molecule has 1 aliphatic heterocycles. The quantitative estimate of drug-likeness (QED) is 0.202. The van der Waals surface area contributed by atoms with Crippen LogP contribution in [0.5, 0.6) is 0 Å². The molecule has 0 N–H and O–H groups in total. The highest BCUT2D eigenvalue weighted by Gasteiger charge is 2.56. The average Bonchev–Trinajstić information content (AvgIpc) is 3.01. The molecule has 0 bridgehead atoms. The van der Waals surface area contributed by atoms with Crippen molar-refractivity contribution in [3.63, 3.8) is 0 Å². The highest BCUT2D eigenvalue weighted by molar-refractivity contribution is 5.90. The largest absolute Gasteiger partial charge is 0.467 e. The van der Waals surface area contributed by atoms with Crippen LogP contribution in [0.15, 0.2) is 42.5 Å². The maximum atomic E-state index is 13.3. The van der Waals surface area contributed by atoms with Gasteiger partial charge in [-0.05, 0) is 70.6 Å². The van der Waals surface area contributed by atoms with E-state index in [9.17, 15) is 24.0 Å². The van der Waals surface area contributed by atoms with Gasteiger partial charge in [0, 0.05) is 20.8 Å². The first-order chi connectivity index (χ1) is 22.4. The topological polar surface area (TPSA) is 141 Å². The van der Waals surface area contributed by atoms with E-state index in [0.29, 0.717) is 0 Å². The molecule has 11 nitrogen and oxygen atoms in total. The minimum absolute atomic E-state index is 0.0795. The number of allylic oxidation sites excluding steroid dienone is 1. The molecule has 4 rings (SSSR count). The van der Waals surface area contributed by atoms with Crippen molar-refractivity contribution in [1.29, 1.82) is 0 Å². The number of carbonyl (C=O) groups is 5. The smallest absolute Gasteiger partial charge is 0.340 e. The van der Waals surface area contributed by atoms with Crippen LogP contribution in [-0.4, -0.2) is 67.7 Å². The molecule has 0 saturated carbocycles. The Morgan fingerprint density at radius 3 is 1.77 bits per heavy atom. The van der Waals surface area contributed by atoms with Crippen LogP contribution in [0.4, 0.5) is 0 Å². The molecule has 0 aromatic heterocycles. The summed E-state index contributed by atoms with van der Waals surface area (Å²) in [5.41, 5.74) is 6.10. The van der Waals surface area contributed by atoms with E-state index in [0.717, 1.165) is 57.4 Å². The Hall–Kier alpha value is -4.51. The fourth-order valence-electron chi connectivity index (χ4n) is 6.23. The summed E-state index contributed by atoms with van der Waals surface area (Å²) in [5.74, 6) is -4.39. The molecule has 0 radical (unpaired) electrons. The van der Waals surface area contributed by atoms with Gasteiger partial charge in [0.2, 0.25) is 12.4 Å². The molecular weight excluding hydrogens is 620 g/mol. The van der Waals surface area contributed by atoms with Crippen LogP contribution in [0, 0.1) is 0 Å². The van der Waals surface area contributed by atoms with Gasteiger partial charge in [-0.3, -0.25) is 14.4 Å². The summed E-state index contributed by atoms with van der Waals surface area (Å²) in [6, 6.07) is 13.3. The van der Waals surface area contributed by atoms with Gasteiger partial charge in [0.1, 0.15) is 0 Å². The molecule has 2 aromatic rings. The SMILES string of the molecule is COC(=O)[C@H]1O[C@@H](OC(=O)c2ccc(C=C(C)c3ccc4c(c3)C(C)(C)CCC4(C)C)cc2)[C@H](OC(C)=O)[C@@H](OC(C)=O)[C@@H]1OC(C)=O. The Morgan fingerprint density at radius 1 is 0.688 bits per heavy atom. The zero-order chi connectivity index (χ0) is 35.6. The van der Waals surface area contributed by atoms with Crippen LogP contribution >= 0.6 is 0 Å². The molecule has 258 valence electrons. The third kappa shape index (κ3) is 8.13. The minimum Gasteiger partial charge on any atom is -0.467 e. The summed E-state index contributed by atoms with van der Waals surface area (Å²) < 4.78 is 31.9. The van der Waals surface area contributed by atoms with Crippen LogP contribution in [0.3, 0.4) is 0 Å². The summed E-state index contributed by atoms with van der Waals surface area (Å²) in [6.45, 7) is 14.4. The predicted octanol–water partition coefficient (Wildman–Crippen LogP) is 5.45. The van der Waals surface area contributed by atoms with E-state index >= 15 is 0 Å². The Kier molecular flexibility index (Phi) is 10.8. The van der Waals surface area contributed by atoms with Crippen LogP contribution in [0.1, 0.15) is 101 Å². The van der Waals surface area contributed by atoms with E-state index in [4.69, 9.17) is 28.4 Å². The highest BCUT2D eigenvalue weighted by Crippen LogP contribution is 2.46. The maximum absolute atomic E-state index is 13.3. The number of fused-ring (bicyclic) bond motifs is 1. The van der Waals surface area contributed by atoms with Gasteiger partial charge in [0.05, 0.1) is 12.7 Å². The second-order valence-corrected chi connectivity index (χ2v) is 13.6.